The van der Waals surface area contributed by atoms with E-state index in [1.807, 2.05) is 12.1 Å². The summed E-state index contributed by atoms with van der Waals surface area (Å²) in [6.07, 6.45) is 1.28. The molecule has 2 aromatic carbocycles. The Hall–Kier alpha value is -4.21. The van der Waals surface area contributed by atoms with Crippen molar-refractivity contribution < 1.29 is 13.9 Å². The van der Waals surface area contributed by atoms with Gasteiger partial charge in [0.25, 0.3) is 5.56 Å². The molecule has 0 unspecified atom stereocenters. The number of aromatic nitrogens is 4. The van der Waals surface area contributed by atoms with E-state index in [0.717, 1.165) is 4.57 Å². The molecule has 0 aliphatic carbocycles. The third-order valence-corrected chi connectivity index (χ3v) is 4.46. The van der Waals surface area contributed by atoms with Gasteiger partial charge in [0.05, 0.1) is 19.3 Å². The molecular formula is C21H18FN5O4. The van der Waals surface area contributed by atoms with Gasteiger partial charge in [-0.15, -0.1) is 0 Å². The largest absolute Gasteiger partial charge is 0.493 e. The van der Waals surface area contributed by atoms with Gasteiger partial charge in [0.15, 0.2) is 17.1 Å². The Bertz CT molecular complexity index is 1350. The summed E-state index contributed by atoms with van der Waals surface area (Å²) in [5, 5.41) is 3.01. The zero-order chi connectivity index (χ0) is 21.8. The molecule has 0 spiro atoms. The highest BCUT2D eigenvalue weighted by atomic mass is 19.1. The minimum Gasteiger partial charge on any atom is -0.493 e. The number of nitrogens with one attached hydrogen (secondary N) is 2. The minimum atomic E-state index is -0.799. The number of anilines is 1. The van der Waals surface area contributed by atoms with Gasteiger partial charge in [-0.05, 0) is 24.3 Å². The van der Waals surface area contributed by atoms with E-state index in [1.54, 1.807) is 19.2 Å². The van der Waals surface area contributed by atoms with Crippen LogP contribution >= 0.6 is 0 Å². The summed E-state index contributed by atoms with van der Waals surface area (Å²) >= 11 is 0. The molecule has 2 aromatic heterocycles. The number of ether oxygens (including phenoxy) is 2. The van der Waals surface area contributed by atoms with E-state index >= 15 is 0 Å². The predicted octanol–water partition coefficient (Wildman–Crippen LogP) is 2.11. The van der Waals surface area contributed by atoms with E-state index in [1.165, 1.54) is 30.5 Å². The van der Waals surface area contributed by atoms with E-state index in [4.69, 9.17) is 9.47 Å². The van der Waals surface area contributed by atoms with E-state index in [9.17, 15) is 14.0 Å². The van der Waals surface area contributed by atoms with Crippen LogP contribution in [0.4, 0.5) is 10.3 Å². The summed E-state index contributed by atoms with van der Waals surface area (Å²) in [5.74, 6) is 0.732. The molecule has 0 aliphatic heterocycles. The van der Waals surface area contributed by atoms with Crippen LogP contribution in [-0.2, 0) is 0 Å². The maximum Gasteiger partial charge on any atom is 0.334 e. The van der Waals surface area contributed by atoms with Crippen LogP contribution in [0.25, 0.3) is 16.7 Å². The molecule has 9 nitrogen and oxygen atoms in total. The van der Waals surface area contributed by atoms with Gasteiger partial charge in [0.2, 0.25) is 5.95 Å². The Morgan fingerprint density at radius 2 is 1.84 bits per heavy atom. The molecule has 0 atom stereocenters. The highest BCUT2D eigenvalue weighted by Gasteiger charge is 2.14. The van der Waals surface area contributed by atoms with Gasteiger partial charge in [0, 0.05) is 6.20 Å². The molecule has 0 bridgehead atoms. The van der Waals surface area contributed by atoms with Crippen LogP contribution in [0.15, 0.2) is 64.3 Å². The third kappa shape index (κ3) is 4.08. The molecule has 0 radical (unpaired) electrons. The lowest BCUT2D eigenvalue weighted by Gasteiger charge is -2.11. The number of rotatable bonds is 7. The van der Waals surface area contributed by atoms with Crippen LogP contribution < -0.4 is 26.0 Å². The van der Waals surface area contributed by atoms with Crippen molar-refractivity contribution in [2.75, 3.05) is 25.6 Å². The fourth-order valence-corrected chi connectivity index (χ4v) is 3.00. The fourth-order valence-electron chi connectivity index (χ4n) is 3.00. The first kappa shape index (κ1) is 20.1. The molecule has 4 rings (SSSR count). The second-order valence-electron chi connectivity index (χ2n) is 6.40. The quantitative estimate of drug-likeness (QED) is 0.438. The maximum absolute atomic E-state index is 14.1. The normalized spacial score (nSPS) is 10.8. The molecule has 0 aliphatic rings. The smallest absolute Gasteiger partial charge is 0.334 e. The van der Waals surface area contributed by atoms with Gasteiger partial charge in [-0.25, -0.2) is 18.7 Å². The van der Waals surface area contributed by atoms with Crippen molar-refractivity contribution in [2.45, 2.75) is 0 Å². The zero-order valence-electron chi connectivity index (χ0n) is 16.5. The monoisotopic (exact) mass is 423 g/mol. The SMILES string of the molecule is COc1ccccc1OCCNc1ncc2c(=O)n(-c3ccccc3F)c(=O)[nH]c2n1. The standard InChI is InChI=1S/C21H18FN5O4/c1-30-16-8-4-5-9-17(16)31-11-10-23-20-24-12-13-18(25-20)26-21(29)27(19(13)28)15-7-3-2-6-14(15)22/h2-9,12H,10-11H2,1H3,(H2,23,24,25,26,29). The lowest BCUT2D eigenvalue weighted by atomic mass is 10.3. The molecule has 4 aromatic rings. The van der Waals surface area contributed by atoms with Crippen LogP contribution in [0.2, 0.25) is 0 Å². The van der Waals surface area contributed by atoms with Crippen molar-refractivity contribution in [3.05, 3.63) is 81.4 Å². The molecule has 0 saturated heterocycles. The highest BCUT2D eigenvalue weighted by molar-refractivity contribution is 5.73. The molecule has 0 amide bonds. The van der Waals surface area contributed by atoms with Crippen LogP contribution in [0.5, 0.6) is 11.5 Å². The first-order valence-corrected chi connectivity index (χ1v) is 9.35. The minimum absolute atomic E-state index is 0.0470. The number of H-pyrrole nitrogens is 1. The average molecular weight is 423 g/mol. The molecule has 31 heavy (non-hydrogen) atoms. The van der Waals surface area contributed by atoms with Crippen LogP contribution in [0, 0.1) is 5.82 Å². The van der Waals surface area contributed by atoms with Crippen LogP contribution in [0.1, 0.15) is 0 Å². The second kappa shape index (κ2) is 8.66. The van der Waals surface area contributed by atoms with Crippen LogP contribution in [-0.4, -0.2) is 39.8 Å². The van der Waals surface area contributed by atoms with Crippen molar-refractivity contribution in [2.24, 2.45) is 0 Å². The lowest BCUT2D eigenvalue weighted by Crippen LogP contribution is -2.34. The first-order valence-electron chi connectivity index (χ1n) is 9.35. The topological polar surface area (TPSA) is 111 Å². The summed E-state index contributed by atoms with van der Waals surface area (Å²) in [6, 6.07) is 12.8. The highest BCUT2D eigenvalue weighted by Crippen LogP contribution is 2.25. The number of para-hydroxylation sites is 3. The summed E-state index contributed by atoms with van der Waals surface area (Å²) in [5.41, 5.74) is -1.61. The Kier molecular flexibility index (Phi) is 5.61. The fraction of sp³-hybridized carbons (Fsp3) is 0.143. The summed E-state index contributed by atoms with van der Waals surface area (Å²) in [7, 11) is 1.56. The molecule has 2 N–H and O–H groups in total. The second-order valence-corrected chi connectivity index (χ2v) is 6.40. The van der Waals surface area contributed by atoms with Gasteiger partial charge < -0.3 is 14.8 Å². The number of aromatic amines is 1. The lowest BCUT2D eigenvalue weighted by molar-refractivity contribution is 0.305. The maximum atomic E-state index is 14.1. The summed E-state index contributed by atoms with van der Waals surface area (Å²) in [6.45, 7) is 0.660. The van der Waals surface area contributed by atoms with E-state index in [0.29, 0.717) is 24.7 Å². The van der Waals surface area contributed by atoms with Crippen molar-refractivity contribution in [1.82, 2.24) is 19.5 Å². The number of hydrogen-bond donors (Lipinski definition) is 2. The van der Waals surface area contributed by atoms with E-state index in [-0.39, 0.29) is 22.7 Å². The molecule has 0 saturated carbocycles. The Balaban J connectivity index is 1.52. The molecule has 2 heterocycles. The summed E-state index contributed by atoms with van der Waals surface area (Å²) < 4.78 is 25.7. The number of nitrogens with zero attached hydrogens (tertiary/aromatic N) is 3. The Labute approximate surface area is 175 Å². The molecule has 158 valence electrons. The Morgan fingerprint density at radius 3 is 2.61 bits per heavy atom. The number of hydrogen-bond acceptors (Lipinski definition) is 7. The van der Waals surface area contributed by atoms with Gasteiger partial charge in [-0.1, -0.05) is 24.3 Å². The average Bonchev–Trinajstić information content (AvgIpc) is 2.78. The van der Waals surface area contributed by atoms with E-state index < -0.39 is 17.1 Å². The summed E-state index contributed by atoms with van der Waals surface area (Å²) in [4.78, 5) is 35.9. The first-order chi connectivity index (χ1) is 15.1. The molecule has 10 heteroatoms. The van der Waals surface area contributed by atoms with Crippen molar-refractivity contribution in [1.29, 1.82) is 0 Å². The number of methoxy groups -OCH3 is 1. The van der Waals surface area contributed by atoms with Crippen molar-refractivity contribution in [3.63, 3.8) is 0 Å². The predicted molar refractivity (Wildman–Crippen MR) is 113 cm³/mol. The van der Waals surface area contributed by atoms with Gasteiger partial charge in [-0.3, -0.25) is 9.78 Å². The number of halogens is 1. The Morgan fingerprint density at radius 1 is 1.10 bits per heavy atom. The van der Waals surface area contributed by atoms with Crippen LogP contribution in [0.3, 0.4) is 0 Å². The number of fused-ring (bicyclic) bond motifs is 1. The van der Waals surface area contributed by atoms with E-state index in [2.05, 4.69) is 20.3 Å². The molecular weight excluding hydrogens is 405 g/mol. The van der Waals surface area contributed by atoms with Gasteiger partial charge >= 0.3 is 5.69 Å². The van der Waals surface area contributed by atoms with Gasteiger partial charge in [-0.2, -0.15) is 4.98 Å². The zero-order valence-corrected chi connectivity index (χ0v) is 16.5. The molecule has 0 fully saturated rings. The third-order valence-electron chi connectivity index (χ3n) is 4.46. The van der Waals surface area contributed by atoms with Gasteiger partial charge in [0.1, 0.15) is 17.8 Å². The number of benzene rings is 2. The van der Waals surface area contributed by atoms with Crippen molar-refractivity contribution >= 4 is 17.0 Å². The van der Waals surface area contributed by atoms with Crippen molar-refractivity contribution in [3.8, 4) is 17.2 Å².